The Kier molecular flexibility index (Phi) is 8.26. The molecule has 0 aliphatic rings. The molecule has 0 atom stereocenters. The van der Waals surface area contributed by atoms with Gasteiger partial charge in [-0.3, -0.25) is 9.80 Å². The molecule has 1 N–H and O–H groups in total. The zero-order chi connectivity index (χ0) is 15.2. The van der Waals surface area contributed by atoms with Crippen LogP contribution in [0, 0.1) is 0 Å². The Bertz CT molecular complexity index is 254. The molecule has 0 saturated heterocycles. The summed E-state index contributed by atoms with van der Waals surface area (Å²) >= 11 is 0. The van der Waals surface area contributed by atoms with Crippen LogP contribution in [0.1, 0.15) is 61.8 Å². The number of amides is 1. The van der Waals surface area contributed by atoms with E-state index in [4.69, 9.17) is 0 Å². The van der Waals surface area contributed by atoms with Crippen molar-refractivity contribution in [2.45, 2.75) is 86.0 Å². The molecule has 1 amide bonds. The molecule has 0 aromatic heterocycles. The van der Waals surface area contributed by atoms with Crippen LogP contribution in [0.2, 0.25) is 0 Å². The molecule has 19 heavy (non-hydrogen) atoms. The van der Waals surface area contributed by atoms with Gasteiger partial charge in [-0.1, -0.05) is 13.8 Å². The maximum Gasteiger partial charge on any atom is 0.238 e. The van der Waals surface area contributed by atoms with Crippen LogP contribution in [0.4, 0.5) is 0 Å². The lowest BCUT2D eigenvalue weighted by atomic mass is 10.2. The molecule has 0 aliphatic carbocycles. The van der Waals surface area contributed by atoms with Gasteiger partial charge in [-0.2, -0.15) is 0 Å². The molecule has 0 radical (unpaired) electrons. The fourth-order valence-electron chi connectivity index (χ4n) is 2.36. The van der Waals surface area contributed by atoms with E-state index in [1.807, 2.05) is 5.01 Å². The zero-order valence-electron chi connectivity index (χ0n) is 14.0. The van der Waals surface area contributed by atoms with Gasteiger partial charge >= 0.3 is 0 Å². The van der Waals surface area contributed by atoms with Crippen molar-refractivity contribution >= 4 is 5.91 Å². The molecule has 4 heteroatoms. The van der Waals surface area contributed by atoms with Crippen LogP contribution in [0.5, 0.6) is 0 Å². The van der Waals surface area contributed by atoms with Gasteiger partial charge in [0.25, 0.3) is 0 Å². The summed E-state index contributed by atoms with van der Waals surface area (Å²) in [5, 5.41) is 7.41. The van der Waals surface area contributed by atoms with Crippen LogP contribution in [0.25, 0.3) is 0 Å². The minimum Gasteiger partial charge on any atom is -0.314 e. The lowest BCUT2D eigenvalue weighted by Gasteiger charge is -2.43. The first-order valence-corrected chi connectivity index (χ1v) is 7.52. The molecule has 0 heterocycles. The maximum absolute atomic E-state index is 12.5. The van der Waals surface area contributed by atoms with Crippen LogP contribution < -0.4 is 5.32 Å². The van der Waals surface area contributed by atoms with Crippen molar-refractivity contribution in [3.63, 3.8) is 0 Å². The van der Waals surface area contributed by atoms with E-state index >= 15 is 0 Å². The van der Waals surface area contributed by atoms with Gasteiger partial charge in [-0.15, -0.1) is 0 Å². The predicted molar refractivity (Wildman–Crippen MR) is 81.8 cm³/mol. The van der Waals surface area contributed by atoms with E-state index in [1.54, 1.807) is 0 Å². The summed E-state index contributed by atoms with van der Waals surface area (Å²) in [6.45, 7) is 17.6. The summed E-state index contributed by atoms with van der Waals surface area (Å²) in [5.74, 6) is 0.200. The first-order chi connectivity index (χ1) is 8.68. The molecule has 0 aromatic carbocycles. The number of nitrogens with one attached hydrogen (secondary N) is 1. The highest BCUT2D eigenvalue weighted by Crippen LogP contribution is 2.15. The van der Waals surface area contributed by atoms with Crippen molar-refractivity contribution in [3.8, 4) is 0 Å². The number of hydrazine groups is 1. The fraction of sp³-hybridized carbons (Fsp3) is 0.933. The molecule has 0 spiro atoms. The summed E-state index contributed by atoms with van der Waals surface area (Å²) in [5.41, 5.74) is 0. The second-order valence-electron chi connectivity index (χ2n) is 6.26. The number of hydrogen-bond donors (Lipinski definition) is 1. The molecular weight excluding hydrogens is 238 g/mol. The van der Waals surface area contributed by atoms with Gasteiger partial charge < -0.3 is 5.32 Å². The van der Waals surface area contributed by atoms with Crippen molar-refractivity contribution < 1.29 is 4.79 Å². The van der Waals surface area contributed by atoms with E-state index in [0.717, 1.165) is 6.54 Å². The van der Waals surface area contributed by atoms with Crippen molar-refractivity contribution in [1.82, 2.24) is 15.3 Å². The summed E-state index contributed by atoms with van der Waals surface area (Å²) in [7, 11) is 0. The number of carbonyl (C=O) groups is 1. The fourth-order valence-corrected chi connectivity index (χ4v) is 2.36. The maximum atomic E-state index is 12.5. The Morgan fingerprint density at radius 1 is 0.895 bits per heavy atom. The Hall–Kier alpha value is -0.610. The lowest BCUT2D eigenvalue weighted by molar-refractivity contribution is -0.163. The van der Waals surface area contributed by atoms with Gasteiger partial charge in [0.05, 0.1) is 0 Å². The van der Waals surface area contributed by atoms with Crippen molar-refractivity contribution in [3.05, 3.63) is 0 Å². The summed E-state index contributed by atoms with van der Waals surface area (Å²) < 4.78 is 0. The van der Waals surface area contributed by atoms with E-state index < -0.39 is 0 Å². The zero-order valence-corrected chi connectivity index (χ0v) is 14.0. The third-order valence-electron chi connectivity index (χ3n) is 2.94. The number of nitrogens with zero attached hydrogens (tertiary/aromatic N) is 2. The monoisotopic (exact) mass is 271 g/mol. The van der Waals surface area contributed by atoms with E-state index in [1.165, 1.54) is 0 Å². The third-order valence-corrected chi connectivity index (χ3v) is 2.94. The summed E-state index contributed by atoms with van der Waals surface area (Å²) in [4.78, 5) is 12.5. The van der Waals surface area contributed by atoms with Gasteiger partial charge in [0.15, 0.2) is 0 Å². The molecule has 0 rings (SSSR count). The van der Waals surface area contributed by atoms with Gasteiger partial charge in [0.2, 0.25) is 5.91 Å². The Morgan fingerprint density at radius 2 is 1.37 bits per heavy atom. The standard InChI is InChI=1S/C15H33N3O/c1-11(2)16-10-9-15(19)18(14(7)8)17(12(3)4)13(5)6/h11-14,16H,9-10H2,1-8H3. The predicted octanol–water partition coefficient (Wildman–Crippen LogP) is 2.65. The Morgan fingerprint density at radius 3 is 1.68 bits per heavy atom. The molecule has 0 saturated carbocycles. The van der Waals surface area contributed by atoms with Gasteiger partial charge in [0, 0.05) is 37.1 Å². The molecule has 0 aliphatic heterocycles. The lowest BCUT2D eigenvalue weighted by Crippen LogP contribution is -2.56. The number of hydrogen-bond acceptors (Lipinski definition) is 3. The highest BCUT2D eigenvalue weighted by atomic mass is 16.2. The minimum atomic E-state index is 0.191. The number of rotatable bonds is 8. The number of carbonyl (C=O) groups excluding carboxylic acids is 1. The first-order valence-electron chi connectivity index (χ1n) is 7.52. The average Bonchev–Trinajstić information content (AvgIpc) is 2.22. The Balaban J connectivity index is 4.74. The molecule has 4 nitrogen and oxygen atoms in total. The quantitative estimate of drug-likeness (QED) is 0.689. The first kappa shape index (κ1) is 18.4. The highest BCUT2D eigenvalue weighted by molar-refractivity contribution is 5.76. The second-order valence-corrected chi connectivity index (χ2v) is 6.26. The van der Waals surface area contributed by atoms with E-state index in [-0.39, 0.29) is 11.9 Å². The SMILES string of the molecule is CC(C)NCCC(=O)N(C(C)C)N(C(C)C)C(C)C. The van der Waals surface area contributed by atoms with Crippen molar-refractivity contribution in [2.75, 3.05) is 6.54 Å². The van der Waals surface area contributed by atoms with Crippen LogP contribution in [0.3, 0.4) is 0 Å². The molecule has 114 valence electrons. The Labute approximate surface area is 119 Å². The summed E-state index contributed by atoms with van der Waals surface area (Å²) in [6.07, 6.45) is 0.548. The van der Waals surface area contributed by atoms with Gasteiger partial charge in [-0.25, -0.2) is 5.01 Å². The van der Waals surface area contributed by atoms with Crippen molar-refractivity contribution in [1.29, 1.82) is 0 Å². The molecular formula is C15H33N3O. The molecule has 0 unspecified atom stereocenters. The van der Waals surface area contributed by atoms with Crippen LogP contribution in [0.15, 0.2) is 0 Å². The summed E-state index contributed by atoms with van der Waals surface area (Å²) in [6, 6.07) is 1.26. The van der Waals surface area contributed by atoms with Crippen LogP contribution in [-0.2, 0) is 4.79 Å². The van der Waals surface area contributed by atoms with Gasteiger partial charge in [0.1, 0.15) is 0 Å². The van der Waals surface area contributed by atoms with E-state index in [2.05, 4.69) is 65.7 Å². The van der Waals surface area contributed by atoms with Crippen LogP contribution >= 0.6 is 0 Å². The van der Waals surface area contributed by atoms with Crippen LogP contribution in [-0.4, -0.2) is 46.6 Å². The largest absolute Gasteiger partial charge is 0.314 e. The highest BCUT2D eigenvalue weighted by Gasteiger charge is 2.27. The smallest absolute Gasteiger partial charge is 0.238 e. The molecule has 0 bridgehead atoms. The topological polar surface area (TPSA) is 35.6 Å². The van der Waals surface area contributed by atoms with E-state index in [9.17, 15) is 4.79 Å². The van der Waals surface area contributed by atoms with Gasteiger partial charge in [-0.05, 0) is 41.5 Å². The normalized spacial score (nSPS) is 12.3. The third kappa shape index (κ3) is 6.39. The minimum absolute atomic E-state index is 0.191. The molecule has 0 fully saturated rings. The molecule has 0 aromatic rings. The van der Waals surface area contributed by atoms with Crippen molar-refractivity contribution in [2.24, 2.45) is 0 Å². The second kappa shape index (κ2) is 8.54. The average molecular weight is 271 g/mol. The van der Waals surface area contributed by atoms with E-state index in [0.29, 0.717) is 24.5 Å².